The lowest BCUT2D eigenvalue weighted by Crippen LogP contribution is -2.16. The molecule has 7 nitrogen and oxygen atoms in total. The van der Waals surface area contributed by atoms with E-state index in [1.807, 2.05) is 18.4 Å². The van der Waals surface area contributed by atoms with Crippen LogP contribution >= 0.6 is 0 Å². The fourth-order valence-electron chi connectivity index (χ4n) is 1.65. The summed E-state index contributed by atoms with van der Waals surface area (Å²) in [5.74, 6) is 0. The maximum atomic E-state index is 11.4. The van der Waals surface area contributed by atoms with Crippen LogP contribution in [0.2, 0.25) is 0 Å². The Bertz CT molecular complexity index is 707. The molecule has 2 rings (SSSR count). The van der Waals surface area contributed by atoms with Crippen LogP contribution < -0.4 is 5.49 Å². The minimum atomic E-state index is -0.655. The smallest absolute Gasteiger partial charge is 0.435 e. The monoisotopic (exact) mass is 275 g/mol. The van der Waals surface area contributed by atoms with Crippen LogP contribution in [0.3, 0.4) is 0 Å². The molecule has 7 heteroatoms. The summed E-state index contributed by atoms with van der Waals surface area (Å²) < 4.78 is 6.66. The van der Waals surface area contributed by atoms with Gasteiger partial charge in [-0.15, -0.1) is 0 Å². The van der Waals surface area contributed by atoms with Gasteiger partial charge >= 0.3 is 6.09 Å². The van der Waals surface area contributed by atoms with E-state index in [-0.39, 0.29) is 12.1 Å². The minimum Gasteiger partial charge on any atom is -0.448 e. The Morgan fingerprint density at radius 2 is 2.30 bits per heavy atom. The molecule has 1 amide bonds. The van der Waals surface area contributed by atoms with Crippen LogP contribution in [0.25, 0.3) is 11.2 Å². The fourth-order valence-corrected chi connectivity index (χ4v) is 1.65. The van der Waals surface area contributed by atoms with Crippen molar-refractivity contribution in [2.24, 2.45) is 4.99 Å². The quantitative estimate of drug-likeness (QED) is 0.865. The molecular weight excluding hydrogens is 258 g/mol. The van der Waals surface area contributed by atoms with Gasteiger partial charge in [-0.1, -0.05) is 11.6 Å². The Kier molecular flexibility index (Phi) is 4.29. The SMILES string of the molecule is CCOC(=O)/N=c1\ncn(CC=C(C)C)c2nc[nH]c12. The predicted molar refractivity (Wildman–Crippen MR) is 73.9 cm³/mol. The molecular formula is C13H17N5O2. The van der Waals surface area contributed by atoms with Gasteiger partial charge in [0.1, 0.15) is 5.52 Å². The summed E-state index contributed by atoms with van der Waals surface area (Å²) in [4.78, 5) is 26.6. The number of allylic oxidation sites excluding steroid dienone is 2. The maximum absolute atomic E-state index is 11.4. The number of imidazole rings is 1. The Morgan fingerprint density at radius 3 is 3.00 bits per heavy atom. The molecule has 2 aromatic rings. The average molecular weight is 275 g/mol. The summed E-state index contributed by atoms with van der Waals surface area (Å²) >= 11 is 0. The standard InChI is InChI=1S/C13H17N5O2/c1-4-20-13(19)17-11-10-12(15-7-14-10)18(8-16-11)6-5-9(2)3/h5,7-8H,4,6H2,1-3H3,(H,14,15)/b17-11-. The molecule has 2 heterocycles. The number of hydrogen-bond acceptors (Lipinski definition) is 4. The van der Waals surface area contributed by atoms with E-state index in [1.165, 1.54) is 5.57 Å². The van der Waals surface area contributed by atoms with Crippen molar-refractivity contribution in [2.75, 3.05) is 6.61 Å². The van der Waals surface area contributed by atoms with E-state index in [0.29, 0.717) is 17.7 Å². The molecule has 106 valence electrons. The van der Waals surface area contributed by atoms with E-state index in [4.69, 9.17) is 4.74 Å². The zero-order valence-electron chi connectivity index (χ0n) is 11.8. The molecule has 0 aliphatic rings. The van der Waals surface area contributed by atoms with Gasteiger partial charge in [0.2, 0.25) is 0 Å². The Morgan fingerprint density at radius 1 is 1.50 bits per heavy atom. The molecule has 0 saturated heterocycles. The second-order valence-electron chi connectivity index (χ2n) is 4.41. The number of amides is 1. The molecule has 0 aliphatic heterocycles. The lowest BCUT2D eigenvalue weighted by molar-refractivity contribution is 0.162. The number of fused-ring (bicyclic) bond motifs is 1. The van der Waals surface area contributed by atoms with Gasteiger partial charge in [0.25, 0.3) is 0 Å². The number of aromatic amines is 1. The molecule has 0 unspecified atom stereocenters. The fraction of sp³-hybridized carbons (Fsp3) is 0.385. The number of nitrogens with one attached hydrogen (secondary N) is 1. The van der Waals surface area contributed by atoms with Crippen LogP contribution in [0.15, 0.2) is 29.3 Å². The molecule has 2 aromatic heterocycles. The number of rotatable bonds is 3. The van der Waals surface area contributed by atoms with Gasteiger partial charge in [-0.05, 0) is 20.8 Å². The van der Waals surface area contributed by atoms with E-state index in [0.717, 1.165) is 0 Å². The van der Waals surface area contributed by atoms with Crippen molar-refractivity contribution in [1.82, 2.24) is 19.5 Å². The van der Waals surface area contributed by atoms with Gasteiger partial charge in [-0.2, -0.15) is 4.99 Å². The van der Waals surface area contributed by atoms with Crippen molar-refractivity contribution in [3.05, 3.63) is 29.8 Å². The third-order valence-electron chi connectivity index (χ3n) is 2.60. The zero-order chi connectivity index (χ0) is 14.5. The molecule has 0 aliphatic carbocycles. The number of nitrogens with zero attached hydrogens (tertiary/aromatic N) is 4. The molecule has 0 saturated carbocycles. The second-order valence-corrected chi connectivity index (χ2v) is 4.41. The molecule has 20 heavy (non-hydrogen) atoms. The van der Waals surface area contributed by atoms with Gasteiger partial charge in [0.05, 0.1) is 19.3 Å². The normalized spacial score (nSPS) is 11.7. The van der Waals surface area contributed by atoms with Gasteiger partial charge in [-0.3, -0.25) is 0 Å². The van der Waals surface area contributed by atoms with Crippen molar-refractivity contribution >= 4 is 17.3 Å². The van der Waals surface area contributed by atoms with Crippen molar-refractivity contribution in [2.45, 2.75) is 27.3 Å². The van der Waals surface area contributed by atoms with E-state index >= 15 is 0 Å². The van der Waals surface area contributed by atoms with Crippen LogP contribution in [0, 0.1) is 0 Å². The van der Waals surface area contributed by atoms with Crippen LogP contribution in [0.4, 0.5) is 4.79 Å². The molecule has 1 N–H and O–H groups in total. The highest BCUT2D eigenvalue weighted by Gasteiger charge is 2.06. The second kappa shape index (κ2) is 6.14. The molecule has 0 spiro atoms. The number of carbonyl (C=O) groups is 1. The van der Waals surface area contributed by atoms with Crippen molar-refractivity contribution in [1.29, 1.82) is 0 Å². The number of carbonyl (C=O) groups excluding carboxylic acids is 1. The number of ether oxygens (including phenoxy) is 1. The summed E-state index contributed by atoms with van der Waals surface area (Å²) in [6, 6.07) is 0. The minimum absolute atomic E-state index is 0.280. The van der Waals surface area contributed by atoms with Crippen LogP contribution in [0.5, 0.6) is 0 Å². The largest absolute Gasteiger partial charge is 0.448 e. The van der Waals surface area contributed by atoms with Crippen LogP contribution in [0.1, 0.15) is 20.8 Å². The summed E-state index contributed by atoms with van der Waals surface area (Å²) in [6.07, 6.45) is 4.58. The van der Waals surface area contributed by atoms with E-state index in [2.05, 4.69) is 26.0 Å². The summed E-state index contributed by atoms with van der Waals surface area (Å²) in [5.41, 5.74) is 2.80. The van der Waals surface area contributed by atoms with Crippen LogP contribution in [-0.2, 0) is 11.3 Å². The van der Waals surface area contributed by atoms with Crippen molar-refractivity contribution < 1.29 is 9.53 Å². The first kappa shape index (κ1) is 14.0. The highest BCUT2D eigenvalue weighted by atomic mass is 16.5. The number of aromatic nitrogens is 4. The summed E-state index contributed by atoms with van der Waals surface area (Å²) in [7, 11) is 0. The first-order valence-corrected chi connectivity index (χ1v) is 6.35. The highest BCUT2D eigenvalue weighted by Crippen LogP contribution is 2.04. The van der Waals surface area contributed by atoms with Crippen molar-refractivity contribution in [3.8, 4) is 0 Å². The molecule has 0 aromatic carbocycles. The first-order chi connectivity index (χ1) is 9.61. The lowest BCUT2D eigenvalue weighted by Gasteiger charge is -2.04. The van der Waals surface area contributed by atoms with E-state index in [1.54, 1.807) is 19.6 Å². The zero-order valence-corrected chi connectivity index (χ0v) is 11.8. The molecule has 0 radical (unpaired) electrons. The number of hydrogen-bond donors (Lipinski definition) is 1. The average Bonchev–Trinajstić information content (AvgIpc) is 2.87. The maximum Gasteiger partial charge on any atom is 0.435 e. The Hall–Kier alpha value is -2.44. The third-order valence-corrected chi connectivity index (χ3v) is 2.60. The molecule has 0 atom stereocenters. The third kappa shape index (κ3) is 3.11. The van der Waals surface area contributed by atoms with Crippen LogP contribution in [-0.4, -0.2) is 32.2 Å². The summed E-state index contributed by atoms with van der Waals surface area (Å²) in [6.45, 7) is 6.73. The van der Waals surface area contributed by atoms with Gasteiger partial charge in [0.15, 0.2) is 11.1 Å². The van der Waals surface area contributed by atoms with Gasteiger partial charge in [0, 0.05) is 6.54 Å². The van der Waals surface area contributed by atoms with Gasteiger partial charge in [-0.25, -0.2) is 14.8 Å². The number of H-pyrrole nitrogens is 1. The first-order valence-electron chi connectivity index (χ1n) is 6.35. The van der Waals surface area contributed by atoms with E-state index < -0.39 is 6.09 Å². The topological polar surface area (TPSA) is 85.2 Å². The summed E-state index contributed by atoms with van der Waals surface area (Å²) in [5, 5.41) is 0. The lowest BCUT2D eigenvalue weighted by atomic mass is 10.3. The highest BCUT2D eigenvalue weighted by molar-refractivity contribution is 5.73. The molecule has 0 bridgehead atoms. The Labute approximate surface area is 116 Å². The Balaban J connectivity index is 2.46. The predicted octanol–water partition coefficient (Wildman–Crippen LogP) is 1.78. The van der Waals surface area contributed by atoms with E-state index in [9.17, 15) is 4.79 Å². The van der Waals surface area contributed by atoms with Gasteiger partial charge < -0.3 is 14.3 Å². The molecule has 0 fully saturated rings. The van der Waals surface area contributed by atoms with Crippen molar-refractivity contribution in [3.63, 3.8) is 0 Å².